The Morgan fingerprint density at radius 3 is 2.48 bits per heavy atom. The summed E-state index contributed by atoms with van der Waals surface area (Å²) in [7, 11) is 1.71. The molecule has 23 heavy (non-hydrogen) atoms. The van der Waals surface area contributed by atoms with Gasteiger partial charge in [0.2, 0.25) is 0 Å². The van der Waals surface area contributed by atoms with Crippen molar-refractivity contribution in [1.29, 1.82) is 0 Å². The van der Waals surface area contributed by atoms with E-state index in [0.717, 1.165) is 5.56 Å². The topological polar surface area (TPSA) is 46.6 Å². The smallest absolute Gasteiger partial charge is 0.260 e. The number of carbonyl (C=O) groups is 2. The van der Waals surface area contributed by atoms with Crippen LogP contribution in [0.3, 0.4) is 0 Å². The van der Waals surface area contributed by atoms with Crippen molar-refractivity contribution >= 4 is 23.3 Å². The average molecular weight is 332 g/mol. The van der Waals surface area contributed by atoms with Gasteiger partial charge < -0.3 is 9.64 Å². The number of benzene rings is 2. The Bertz CT molecular complexity index is 698. The third kappa shape index (κ3) is 5.11. The Morgan fingerprint density at radius 1 is 1.13 bits per heavy atom. The quantitative estimate of drug-likeness (QED) is 0.760. The molecule has 2 aromatic rings. The predicted molar refractivity (Wildman–Crippen MR) is 89.9 cm³/mol. The van der Waals surface area contributed by atoms with Gasteiger partial charge in [0.05, 0.1) is 0 Å². The van der Waals surface area contributed by atoms with Crippen molar-refractivity contribution < 1.29 is 14.3 Å². The molecule has 0 unspecified atom stereocenters. The first-order chi connectivity index (χ1) is 11.0. The summed E-state index contributed by atoms with van der Waals surface area (Å²) in [6.45, 7) is 1.89. The molecule has 0 heterocycles. The molecule has 5 heteroatoms. The van der Waals surface area contributed by atoms with Crippen molar-refractivity contribution in [3.05, 3.63) is 64.7 Å². The number of likely N-dealkylation sites (N-methyl/N-ethyl adjacent to an activating group) is 1. The van der Waals surface area contributed by atoms with Crippen LogP contribution in [0.25, 0.3) is 0 Å². The summed E-state index contributed by atoms with van der Waals surface area (Å²) in [5.41, 5.74) is 1.55. The number of halogens is 1. The molecule has 0 saturated carbocycles. The highest BCUT2D eigenvalue weighted by Crippen LogP contribution is 2.14. The van der Waals surface area contributed by atoms with Crippen LogP contribution in [-0.2, 0) is 11.3 Å². The van der Waals surface area contributed by atoms with Gasteiger partial charge in [0.25, 0.3) is 5.91 Å². The number of rotatable bonds is 6. The fourth-order valence-electron chi connectivity index (χ4n) is 2.01. The number of ketones is 1. The van der Waals surface area contributed by atoms with E-state index in [1.54, 1.807) is 48.3 Å². The zero-order valence-corrected chi connectivity index (χ0v) is 13.8. The van der Waals surface area contributed by atoms with Gasteiger partial charge >= 0.3 is 0 Å². The summed E-state index contributed by atoms with van der Waals surface area (Å²) >= 11 is 5.84. The van der Waals surface area contributed by atoms with E-state index in [9.17, 15) is 9.59 Å². The van der Waals surface area contributed by atoms with E-state index in [1.807, 2.05) is 12.1 Å². The summed E-state index contributed by atoms with van der Waals surface area (Å²) < 4.78 is 5.47. The average Bonchev–Trinajstić information content (AvgIpc) is 2.55. The van der Waals surface area contributed by atoms with Crippen LogP contribution in [-0.4, -0.2) is 30.2 Å². The molecular weight excluding hydrogens is 314 g/mol. The molecular formula is C18H18ClNO3. The highest BCUT2D eigenvalue weighted by Gasteiger charge is 2.11. The van der Waals surface area contributed by atoms with Gasteiger partial charge in [-0.25, -0.2) is 0 Å². The lowest BCUT2D eigenvalue weighted by molar-refractivity contribution is -0.132. The molecule has 2 aromatic carbocycles. The third-order valence-corrected chi connectivity index (χ3v) is 3.61. The molecule has 0 aliphatic heterocycles. The first-order valence-electron chi connectivity index (χ1n) is 7.18. The minimum atomic E-state index is -0.145. The Kier molecular flexibility index (Phi) is 5.77. The Labute approximate surface area is 140 Å². The monoisotopic (exact) mass is 331 g/mol. The minimum absolute atomic E-state index is 0.0402. The van der Waals surface area contributed by atoms with Crippen LogP contribution in [0.1, 0.15) is 22.8 Å². The maximum absolute atomic E-state index is 12.1. The van der Waals surface area contributed by atoms with Crippen LogP contribution < -0.4 is 4.74 Å². The fraction of sp³-hybridized carbons (Fsp3) is 0.222. The van der Waals surface area contributed by atoms with Crippen LogP contribution >= 0.6 is 11.6 Å². The van der Waals surface area contributed by atoms with Gasteiger partial charge in [0.1, 0.15) is 5.75 Å². The van der Waals surface area contributed by atoms with E-state index in [-0.39, 0.29) is 18.3 Å². The zero-order chi connectivity index (χ0) is 16.8. The van der Waals surface area contributed by atoms with Gasteiger partial charge in [-0.05, 0) is 36.8 Å². The Balaban J connectivity index is 1.90. The molecule has 0 bridgehead atoms. The molecule has 0 aromatic heterocycles. The van der Waals surface area contributed by atoms with E-state index in [1.165, 1.54) is 6.92 Å². The largest absolute Gasteiger partial charge is 0.484 e. The maximum Gasteiger partial charge on any atom is 0.260 e. The molecule has 0 saturated heterocycles. The molecule has 4 nitrogen and oxygen atoms in total. The lowest BCUT2D eigenvalue weighted by Gasteiger charge is -2.17. The van der Waals surface area contributed by atoms with E-state index < -0.39 is 0 Å². The molecule has 0 radical (unpaired) electrons. The van der Waals surface area contributed by atoms with E-state index in [0.29, 0.717) is 22.9 Å². The Morgan fingerprint density at radius 2 is 1.83 bits per heavy atom. The number of hydrogen-bond donors (Lipinski definition) is 0. The second-order valence-corrected chi connectivity index (χ2v) is 5.69. The number of carbonyl (C=O) groups excluding carboxylic acids is 2. The minimum Gasteiger partial charge on any atom is -0.484 e. The number of nitrogens with zero attached hydrogens (tertiary/aromatic N) is 1. The molecule has 2 rings (SSSR count). The number of hydrogen-bond acceptors (Lipinski definition) is 3. The van der Waals surface area contributed by atoms with Crippen LogP contribution in [0.2, 0.25) is 5.02 Å². The second-order valence-electron chi connectivity index (χ2n) is 5.25. The van der Waals surface area contributed by atoms with Crippen LogP contribution in [0, 0.1) is 0 Å². The van der Waals surface area contributed by atoms with E-state index in [2.05, 4.69) is 0 Å². The SMILES string of the molecule is CC(=O)c1cccc(OCC(=O)N(C)Cc2ccc(Cl)cc2)c1. The molecule has 0 aliphatic rings. The highest BCUT2D eigenvalue weighted by molar-refractivity contribution is 6.30. The summed E-state index contributed by atoms with van der Waals surface area (Å²) in [5, 5.41) is 0.663. The van der Waals surface area contributed by atoms with Crippen molar-refractivity contribution in [2.75, 3.05) is 13.7 Å². The van der Waals surface area contributed by atoms with Crippen molar-refractivity contribution in [2.24, 2.45) is 0 Å². The summed E-state index contributed by atoms with van der Waals surface area (Å²) in [6, 6.07) is 14.1. The highest BCUT2D eigenvalue weighted by atomic mass is 35.5. The van der Waals surface area contributed by atoms with Gasteiger partial charge in [0.15, 0.2) is 12.4 Å². The lowest BCUT2D eigenvalue weighted by atomic mass is 10.1. The molecule has 0 spiro atoms. The molecule has 1 amide bonds. The lowest BCUT2D eigenvalue weighted by Crippen LogP contribution is -2.30. The first-order valence-corrected chi connectivity index (χ1v) is 7.55. The van der Waals surface area contributed by atoms with Crippen molar-refractivity contribution in [1.82, 2.24) is 4.90 Å². The molecule has 0 N–H and O–H groups in total. The number of ether oxygens (including phenoxy) is 1. The van der Waals surface area contributed by atoms with Gasteiger partial charge in [-0.3, -0.25) is 9.59 Å². The van der Waals surface area contributed by atoms with Crippen molar-refractivity contribution in [3.8, 4) is 5.75 Å². The molecule has 0 atom stereocenters. The maximum atomic E-state index is 12.1. The van der Waals surface area contributed by atoms with E-state index >= 15 is 0 Å². The Hall–Kier alpha value is -2.33. The molecule has 120 valence electrons. The summed E-state index contributed by atoms with van der Waals surface area (Å²) in [4.78, 5) is 25.0. The summed E-state index contributed by atoms with van der Waals surface area (Å²) in [6.07, 6.45) is 0. The fourth-order valence-corrected chi connectivity index (χ4v) is 2.14. The van der Waals surface area contributed by atoms with Crippen molar-refractivity contribution in [3.63, 3.8) is 0 Å². The zero-order valence-electron chi connectivity index (χ0n) is 13.1. The predicted octanol–water partition coefficient (Wildman–Crippen LogP) is 3.58. The standard InChI is InChI=1S/C18H18ClNO3/c1-13(21)15-4-3-5-17(10-15)23-12-18(22)20(2)11-14-6-8-16(19)9-7-14/h3-10H,11-12H2,1-2H3. The normalized spacial score (nSPS) is 10.2. The van der Waals surface area contributed by atoms with Gasteiger partial charge in [-0.2, -0.15) is 0 Å². The van der Waals surface area contributed by atoms with Gasteiger partial charge in [0, 0.05) is 24.2 Å². The number of Topliss-reactive ketones (excluding diaryl/α,β-unsaturated/α-hetero) is 1. The first kappa shape index (κ1) is 17.0. The van der Waals surface area contributed by atoms with E-state index in [4.69, 9.17) is 16.3 Å². The second kappa shape index (κ2) is 7.79. The van der Waals surface area contributed by atoms with Gasteiger partial charge in [-0.1, -0.05) is 35.9 Å². The van der Waals surface area contributed by atoms with Gasteiger partial charge in [-0.15, -0.1) is 0 Å². The van der Waals surface area contributed by atoms with Crippen LogP contribution in [0.5, 0.6) is 5.75 Å². The number of amides is 1. The summed E-state index contributed by atoms with van der Waals surface area (Å²) in [5.74, 6) is 0.320. The molecule has 0 aliphatic carbocycles. The third-order valence-electron chi connectivity index (χ3n) is 3.36. The van der Waals surface area contributed by atoms with Crippen LogP contribution in [0.15, 0.2) is 48.5 Å². The molecule has 0 fully saturated rings. The van der Waals surface area contributed by atoms with Crippen molar-refractivity contribution in [2.45, 2.75) is 13.5 Å². The van der Waals surface area contributed by atoms with Crippen LogP contribution in [0.4, 0.5) is 0 Å².